The summed E-state index contributed by atoms with van der Waals surface area (Å²) in [5, 5.41) is 3.56. The number of fused-ring (bicyclic) bond motifs is 2. The molecule has 2 aromatic rings. The molecule has 4 heterocycles. The van der Waals surface area contributed by atoms with Crippen molar-refractivity contribution in [1.82, 2.24) is 15.7 Å². The molecule has 5 atom stereocenters. The monoisotopic (exact) mass is 518 g/mol. The van der Waals surface area contributed by atoms with Crippen LogP contribution in [0.25, 0.3) is 0 Å². The van der Waals surface area contributed by atoms with E-state index in [0.29, 0.717) is 25.6 Å². The maximum atomic E-state index is 14.6. The largest absolute Gasteiger partial charge is 0.493 e. The summed E-state index contributed by atoms with van der Waals surface area (Å²) >= 11 is 0. The second kappa shape index (κ2) is 10.2. The summed E-state index contributed by atoms with van der Waals surface area (Å²) in [6.45, 7) is 6.83. The number of nitrogens with zero attached hydrogens (tertiary/aromatic N) is 2. The van der Waals surface area contributed by atoms with Crippen molar-refractivity contribution in [2.75, 3.05) is 33.4 Å². The van der Waals surface area contributed by atoms with E-state index in [9.17, 15) is 4.79 Å². The molecule has 2 N–H and O–H groups in total. The molecule has 4 aliphatic heterocycles. The SMILES string of the molecule is COc1cccc2c1OCC[C@]21CNC[C@H]1C(=O)N1CCC(c2ccccc2)C[C@H]1C1N=C(C(C)C)NO1. The normalized spacial score (nSPS) is 30.5. The van der Waals surface area contributed by atoms with Gasteiger partial charge < -0.3 is 19.7 Å². The molecule has 0 saturated carbocycles. The maximum Gasteiger partial charge on any atom is 0.228 e. The number of benzene rings is 2. The molecular formula is C30H38N4O4. The van der Waals surface area contributed by atoms with Crippen LogP contribution in [0.4, 0.5) is 0 Å². The third kappa shape index (κ3) is 4.24. The number of ether oxygens (including phenoxy) is 2. The molecular weight excluding hydrogens is 480 g/mol. The van der Waals surface area contributed by atoms with Crippen molar-refractivity contribution in [3.63, 3.8) is 0 Å². The summed E-state index contributed by atoms with van der Waals surface area (Å²) in [5.41, 5.74) is 5.09. The van der Waals surface area contributed by atoms with E-state index in [2.05, 4.69) is 65.9 Å². The van der Waals surface area contributed by atoms with Gasteiger partial charge >= 0.3 is 0 Å². The van der Waals surface area contributed by atoms with E-state index >= 15 is 0 Å². The zero-order valence-electron chi connectivity index (χ0n) is 22.5. The standard InChI is InChI=1S/C30H38N4O4/c1-19(2)27-32-28(38-33-27)24-16-21(20-8-5-4-6-9-20)12-14-34(24)29(35)23-17-31-18-30(23)13-15-37-26-22(30)10-7-11-25(26)36-3/h4-11,19,21,23-24,28,31H,12-18H2,1-3H3,(H,32,33)/t21?,23-,24-,28?,30-/m0/s1. The van der Waals surface area contributed by atoms with E-state index in [1.807, 2.05) is 12.1 Å². The Morgan fingerprint density at radius 3 is 2.79 bits per heavy atom. The molecule has 0 radical (unpaired) electrons. The summed E-state index contributed by atoms with van der Waals surface area (Å²) in [5.74, 6) is 2.91. The number of nitrogens with one attached hydrogen (secondary N) is 2. The van der Waals surface area contributed by atoms with Gasteiger partial charge in [-0.15, -0.1) is 0 Å². The lowest BCUT2D eigenvalue weighted by molar-refractivity contribution is -0.146. The van der Waals surface area contributed by atoms with Crippen LogP contribution in [0.1, 0.15) is 50.2 Å². The van der Waals surface area contributed by atoms with Crippen molar-refractivity contribution in [3.05, 3.63) is 59.7 Å². The molecule has 4 aliphatic rings. The average molecular weight is 519 g/mol. The topological polar surface area (TPSA) is 84.4 Å². The molecule has 1 amide bonds. The van der Waals surface area contributed by atoms with Gasteiger partial charge in [0.05, 0.1) is 25.7 Å². The highest BCUT2D eigenvalue weighted by Crippen LogP contribution is 2.50. The third-order valence-corrected chi connectivity index (χ3v) is 8.91. The number of rotatable bonds is 5. The van der Waals surface area contributed by atoms with Crippen LogP contribution in [0.3, 0.4) is 0 Å². The number of carbonyl (C=O) groups is 1. The summed E-state index contributed by atoms with van der Waals surface area (Å²) in [6.07, 6.45) is 2.11. The van der Waals surface area contributed by atoms with Crippen molar-refractivity contribution in [2.24, 2.45) is 16.8 Å². The summed E-state index contributed by atoms with van der Waals surface area (Å²) in [4.78, 5) is 27.5. The molecule has 0 bridgehead atoms. The van der Waals surface area contributed by atoms with E-state index in [1.54, 1.807) is 7.11 Å². The van der Waals surface area contributed by atoms with Gasteiger partial charge in [0.15, 0.2) is 17.7 Å². The van der Waals surface area contributed by atoms with Gasteiger partial charge in [0.25, 0.3) is 0 Å². The minimum absolute atomic E-state index is 0.146. The van der Waals surface area contributed by atoms with Crippen molar-refractivity contribution in [3.8, 4) is 11.5 Å². The number of carbonyl (C=O) groups excluding carboxylic acids is 1. The number of hydrogen-bond acceptors (Lipinski definition) is 7. The van der Waals surface area contributed by atoms with Gasteiger partial charge in [-0.2, -0.15) is 0 Å². The van der Waals surface area contributed by atoms with Crippen molar-refractivity contribution in [1.29, 1.82) is 0 Å². The van der Waals surface area contributed by atoms with Crippen LogP contribution < -0.4 is 20.3 Å². The van der Waals surface area contributed by atoms with Gasteiger partial charge in [0.2, 0.25) is 5.91 Å². The Morgan fingerprint density at radius 1 is 1.18 bits per heavy atom. The van der Waals surface area contributed by atoms with Crippen molar-refractivity contribution >= 4 is 11.7 Å². The molecule has 1 spiro atoms. The summed E-state index contributed by atoms with van der Waals surface area (Å²) in [6, 6.07) is 16.5. The molecule has 38 heavy (non-hydrogen) atoms. The Kier molecular flexibility index (Phi) is 6.78. The number of aliphatic imine (C=N–C) groups is 1. The average Bonchev–Trinajstić information content (AvgIpc) is 3.61. The minimum atomic E-state index is -0.421. The van der Waals surface area contributed by atoms with E-state index in [1.165, 1.54) is 5.56 Å². The molecule has 2 unspecified atom stereocenters. The van der Waals surface area contributed by atoms with Gasteiger partial charge in [0, 0.05) is 36.5 Å². The maximum absolute atomic E-state index is 14.6. The fourth-order valence-corrected chi connectivity index (χ4v) is 6.83. The van der Waals surface area contributed by atoms with Crippen LogP contribution in [0.15, 0.2) is 53.5 Å². The molecule has 2 fully saturated rings. The number of amides is 1. The second-order valence-electron chi connectivity index (χ2n) is 11.3. The van der Waals surface area contributed by atoms with Crippen LogP contribution in [-0.2, 0) is 15.0 Å². The number of hydroxylamine groups is 1. The molecule has 8 heteroatoms. The number of amidine groups is 1. The Hall–Kier alpha value is -3.10. The fraction of sp³-hybridized carbons (Fsp3) is 0.533. The first-order valence-electron chi connectivity index (χ1n) is 13.9. The Bertz CT molecular complexity index is 1200. The molecule has 6 rings (SSSR count). The van der Waals surface area contributed by atoms with Gasteiger partial charge in [-0.25, -0.2) is 9.83 Å². The van der Waals surface area contributed by atoms with Crippen LogP contribution in [0, 0.1) is 11.8 Å². The Morgan fingerprint density at radius 2 is 2.03 bits per heavy atom. The number of hydrogen-bond donors (Lipinski definition) is 2. The fourth-order valence-electron chi connectivity index (χ4n) is 6.83. The Balaban J connectivity index is 1.33. The number of methoxy groups -OCH3 is 1. The second-order valence-corrected chi connectivity index (χ2v) is 11.3. The molecule has 0 aliphatic carbocycles. The molecule has 2 saturated heterocycles. The third-order valence-electron chi connectivity index (χ3n) is 8.91. The lowest BCUT2D eigenvalue weighted by Crippen LogP contribution is -2.56. The highest BCUT2D eigenvalue weighted by atomic mass is 16.7. The predicted octanol–water partition coefficient (Wildman–Crippen LogP) is 3.63. The molecule has 8 nitrogen and oxygen atoms in total. The smallest absolute Gasteiger partial charge is 0.228 e. The number of piperidine rings is 1. The van der Waals surface area contributed by atoms with Crippen LogP contribution in [-0.4, -0.2) is 62.3 Å². The Labute approximate surface area is 224 Å². The quantitative estimate of drug-likeness (QED) is 0.629. The first kappa shape index (κ1) is 25.2. The number of para-hydroxylation sites is 1. The molecule has 2 aromatic carbocycles. The first-order valence-corrected chi connectivity index (χ1v) is 13.9. The zero-order valence-corrected chi connectivity index (χ0v) is 22.5. The number of likely N-dealkylation sites (tertiary alicyclic amines) is 1. The first-order chi connectivity index (χ1) is 18.5. The molecule has 202 valence electrons. The lowest BCUT2D eigenvalue weighted by atomic mass is 9.68. The van der Waals surface area contributed by atoms with Crippen molar-refractivity contribution < 1.29 is 19.1 Å². The van der Waals surface area contributed by atoms with E-state index < -0.39 is 6.23 Å². The minimum Gasteiger partial charge on any atom is -0.493 e. The van der Waals surface area contributed by atoms with Crippen LogP contribution in [0.5, 0.6) is 11.5 Å². The molecule has 0 aromatic heterocycles. The van der Waals surface area contributed by atoms with Crippen molar-refractivity contribution in [2.45, 2.75) is 56.7 Å². The zero-order chi connectivity index (χ0) is 26.3. The van der Waals surface area contributed by atoms with E-state index in [4.69, 9.17) is 19.3 Å². The van der Waals surface area contributed by atoms with Crippen LogP contribution >= 0.6 is 0 Å². The lowest BCUT2D eigenvalue weighted by Gasteiger charge is -2.45. The predicted molar refractivity (Wildman–Crippen MR) is 145 cm³/mol. The van der Waals surface area contributed by atoms with Gasteiger partial charge in [0.1, 0.15) is 5.84 Å². The summed E-state index contributed by atoms with van der Waals surface area (Å²) in [7, 11) is 1.67. The van der Waals surface area contributed by atoms with E-state index in [-0.39, 0.29) is 29.2 Å². The summed E-state index contributed by atoms with van der Waals surface area (Å²) < 4.78 is 11.7. The van der Waals surface area contributed by atoms with Gasteiger partial charge in [-0.3, -0.25) is 10.3 Å². The van der Waals surface area contributed by atoms with Crippen LogP contribution in [0.2, 0.25) is 0 Å². The van der Waals surface area contributed by atoms with E-state index in [0.717, 1.165) is 48.7 Å². The van der Waals surface area contributed by atoms with Gasteiger partial charge in [-0.05, 0) is 36.8 Å². The highest BCUT2D eigenvalue weighted by Gasteiger charge is 2.54. The highest BCUT2D eigenvalue weighted by molar-refractivity contribution is 5.85. The van der Waals surface area contributed by atoms with Gasteiger partial charge in [-0.1, -0.05) is 56.3 Å².